The Kier molecular flexibility index (Phi) is 3.61. The summed E-state index contributed by atoms with van der Waals surface area (Å²) in [5, 5.41) is 2.45. The molecule has 5 heteroatoms. The molecule has 0 atom stereocenters. The number of Topliss-reactive ketones (excluding diaryl/α,β-unsaturated/α-hetero) is 1. The molecule has 0 saturated carbocycles. The average molecular weight is 250 g/mol. The number of carbonyl (C=O) groups excluding carboxylic acids is 1. The Morgan fingerprint density at radius 1 is 1.35 bits per heavy atom. The lowest BCUT2D eigenvalue weighted by atomic mass is 10.1. The summed E-state index contributed by atoms with van der Waals surface area (Å²) in [6.45, 7) is 0.342. The van der Waals surface area contributed by atoms with Gasteiger partial charge in [0.2, 0.25) is 0 Å². The topological polar surface area (TPSA) is 56.0 Å². The lowest BCUT2D eigenvalue weighted by Crippen LogP contribution is -2.05. The van der Waals surface area contributed by atoms with Gasteiger partial charge in [0.15, 0.2) is 5.78 Å². The lowest BCUT2D eigenvalue weighted by molar-refractivity contribution is 0.0988. The van der Waals surface area contributed by atoms with Gasteiger partial charge in [-0.25, -0.2) is 9.37 Å². The van der Waals surface area contributed by atoms with Gasteiger partial charge in [-0.2, -0.15) is 0 Å². The van der Waals surface area contributed by atoms with Gasteiger partial charge in [-0.15, -0.1) is 11.3 Å². The van der Waals surface area contributed by atoms with Crippen molar-refractivity contribution in [1.82, 2.24) is 4.98 Å². The van der Waals surface area contributed by atoms with Gasteiger partial charge < -0.3 is 5.73 Å². The zero-order chi connectivity index (χ0) is 12.3. The number of carbonyl (C=O) groups is 1. The van der Waals surface area contributed by atoms with Crippen LogP contribution in [0.1, 0.15) is 21.1 Å². The highest BCUT2D eigenvalue weighted by atomic mass is 32.1. The third kappa shape index (κ3) is 2.95. The molecular formula is C12H11FN2OS. The fourth-order valence-electron chi connectivity index (χ4n) is 1.41. The smallest absolute Gasteiger partial charge is 0.186 e. The van der Waals surface area contributed by atoms with Gasteiger partial charge in [0.05, 0.1) is 0 Å². The van der Waals surface area contributed by atoms with E-state index < -0.39 is 0 Å². The van der Waals surface area contributed by atoms with Crippen molar-refractivity contribution in [3.8, 4) is 0 Å². The van der Waals surface area contributed by atoms with Gasteiger partial charge in [-0.3, -0.25) is 4.79 Å². The van der Waals surface area contributed by atoms with Gasteiger partial charge in [0, 0.05) is 18.3 Å². The molecule has 1 aromatic heterocycles. The number of nitrogens with zero attached hydrogens (tertiary/aromatic N) is 1. The molecule has 2 rings (SSSR count). The Morgan fingerprint density at radius 2 is 2.06 bits per heavy atom. The van der Waals surface area contributed by atoms with E-state index in [0.29, 0.717) is 12.2 Å². The maximum absolute atomic E-state index is 12.7. The summed E-state index contributed by atoms with van der Waals surface area (Å²) in [4.78, 5) is 16.0. The van der Waals surface area contributed by atoms with Crippen LogP contribution in [0.5, 0.6) is 0 Å². The molecular weight excluding hydrogens is 239 g/mol. The number of rotatable bonds is 4. The third-order valence-corrected chi connectivity index (χ3v) is 3.16. The Labute approximate surface area is 102 Å². The van der Waals surface area contributed by atoms with E-state index in [1.165, 1.54) is 23.5 Å². The molecule has 0 aliphatic heterocycles. The molecule has 0 amide bonds. The summed E-state index contributed by atoms with van der Waals surface area (Å²) in [6, 6.07) is 5.89. The molecule has 0 unspecified atom stereocenters. The maximum Gasteiger partial charge on any atom is 0.186 e. The second-order valence-electron chi connectivity index (χ2n) is 3.56. The lowest BCUT2D eigenvalue weighted by Gasteiger charge is -1.98. The maximum atomic E-state index is 12.7. The van der Waals surface area contributed by atoms with Gasteiger partial charge >= 0.3 is 0 Å². The summed E-state index contributed by atoms with van der Waals surface area (Å²) in [7, 11) is 0. The number of nitrogens with two attached hydrogens (primary N) is 1. The van der Waals surface area contributed by atoms with Crippen molar-refractivity contribution in [3.63, 3.8) is 0 Å². The van der Waals surface area contributed by atoms with Gasteiger partial charge in [0.25, 0.3) is 0 Å². The molecule has 0 bridgehead atoms. The minimum absolute atomic E-state index is 0.0763. The summed E-state index contributed by atoms with van der Waals surface area (Å²) < 4.78 is 12.7. The van der Waals surface area contributed by atoms with E-state index in [1.54, 1.807) is 17.5 Å². The third-order valence-electron chi connectivity index (χ3n) is 2.29. The van der Waals surface area contributed by atoms with Crippen LogP contribution < -0.4 is 5.73 Å². The number of thiazole rings is 1. The zero-order valence-electron chi connectivity index (χ0n) is 9.02. The number of hydrogen-bond donors (Lipinski definition) is 1. The molecule has 3 nitrogen and oxygen atoms in total. The standard InChI is InChI=1S/C12H11FN2OS/c13-9-3-1-8(2-4-9)5-11(16)10-7-17-12(6-14)15-10/h1-4,7H,5-6,14H2. The fourth-order valence-corrected chi connectivity index (χ4v) is 2.09. The molecule has 1 heterocycles. The number of hydrogen-bond acceptors (Lipinski definition) is 4. The van der Waals surface area contributed by atoms with Crippen LogP contribution in [0.2, 0.25) is 0 Å². The number of halogens is 1. The first-order valence-electron chi connectivity index (χ1n) is 5.11. The van der Waals surface area contributed by atoms with E-state index in [4.69, 9.17) is 5.73 Å². The molecule has 0 spiro atoms. The molecule has 1 aromatic carbocycles. The first-order valence-corrected chi connectivity index (χ1v) is 5.99. The van der Waals surface area contributed by atoms with E-state index in [9.17, 15) is 9.18 Å². The van der Waals surface area contributed by atoms with Crippen molar-refractivity contribution in [2.45, 2.75) is 13.0 Å². The Morgan fingerprint density at radius 3 is 2.65 bits per heavy atom. The molecule has 0 fully saturated rings. The molecule has 88 valence electrons. The number of benzene rings is 1. The molecule has 0 aliphatic rings. The highest BCUT2D eigenvalue weighted by Gasteiger charge is 2.11. The van der Waals surface area contributed by atoms with Gasteiger partial charge in [0.1, 0.15) is 16.5 Å². The van der Waals surface area contributed by atoms with E-state index in [1.807, 2.05) is 0 Å². The van der Waals surface area contributed by atoms with Crippen molar-refractivity contribution in [1.29, 1.82) is 0 Å². The summed E-state index contributed by atoms with van der Waals surface area (Å²) >= 11 is 1.37. The molecule has 0 aliphatic carbocycles. The highest BCUT2D eigenvalue weighted by molar-refractivity contribution is 7.09. The number of ketones is 1. The average Bonchev–Trinajstić information content (AvgIpc) is 2.81. The quantitative estimate of drug-likeness (QED) is 0.846. The van der Waals surface area contributed by atoms with Crippen LogP contribution >= 0.6 is 11.3 Å². The first-order chi connectivity index (χ1) is 8.19. The predicted octanol–water partition coefficient (Wildman–Crippen LogP) is 2.17. The summed E-state index contributed by atoms with van der Waals surface area (Å²) in [5.74, 6) is -0.382. The number of aromatic nitrogens is 1. The van der Waals surface area contributed by atoms with Crippen molar-refractivity contribution in [2.24, 2.45) is 5.73 Å². The molecule has 2 aromatic rings. The second-order valence-corrected chi connectivity index (χ2v) is 4.50. The molecule has 0 saturated heterocycles. The van der Waals surface area contributed by atoms with E-state index in [2.05, 4.69) is 4.98 Å². The van der Waals surface area contributed by atoms with Crippen LogP contribution in [0, 0.1) is 5.82 Å². The van der Waals surface area contributed by atoms with E-state index in [0.717, 1.165) is 10.6 Å². The zero-order valence-corrected chi connectivity index (χ0v) is 9.84. The van der Waals surface area contributed by atoms with Crippen molar-refractivity contribution >= 4 is 17.1 Å². The minimum atomic E-state index is -0.305. The van der Waals surface area contributed by atoms with Gasteiger partial charge in [-0.1, -0.05) is 12.1 Å². The first kappa shape index (κ1) is 11.9. The Bertz CT molecular complexity index is 522. The van der Waals surface area contributed by atoms with Crippen molar-refractivity contribution < 1.29 is 9.18 Å². The summed E-state index contributed by atoms with van der Waals surface area (Å²) in [5.41, 5.74) is 6.63. The van der Waals surface area contributed by atoms with Crippen LogP contribution in [0.25, 0.3) is 0 Å². The van der Waals surface area contributed by atoms with E-state index in [-0.39, 0.29) is 18.0 Å². The van der Waals surface area contributed by atoms with Crippen LogP contribution in [0.15, 0.2) is 29.6 Å². The van der Waals surface area contributed by atoms with Gasteiger partial charge in [-0.05, 0) is 17.7 Å². The molecule has 17 heavy (non-hydrogen) atoms. The Balaban J connectivity index is 2.08. The SMILES string of the molecule is NCc1nc(C(=O)Cc2ccc(F)cc2)cs1. The summed E-state index contributed by atoms with van der Waals surface area (Å²) in [6.07, 6.45) is 0.230. The van der Waals surface area contributed by atoms with Crippen LogP contribution in [-0.4, -0.2) is 10.8 Å². The largest absolute Gasteiger partial charge is 0.325 e. The van der Waals surface area contributed by atoms with Crippen LogP contribution in [-0.2, 0) is 13.0 Å². The normalized spacial score (nSPS) is 10.5. The monoisotopic (exact) mass is 250 g/mol. The van der Waals surface area contributed by atoms with E-state index >= 15 is 0 Å². The van der Waals surface area contributed by atoms with Crippen molar-refractivity contribution in [2.75, 3.05) is 0 Å². The molecule has 0 radical (unpaired) electrons. The minimum Gasteiger partial charge on any atom is -0.325 e. The predicted molar refractivity (Wildman–Crippen MR) is 64.4 cm³/mol. The van der Waals surface area contributed by atoms with Crippen LogP contribution in [0.3, 0.4) is 0 Å². The van der Waals surface area contributed by atoms with Crippen molar-refractivity contribution in [3.05, 3.63) is 51.7 Å². The fraction of sp³-hybridized carbons (Fsp3) is 0.167. The second kappa shape index (κ2) is 5.16. The highest BCUT2D eigenvalue weighted by Crippen LogP contribution is 2.12. The Hall–Kier alpha value is -1.59. The van der Waals surface area contributed by atoms with Crippen LogP contribution in [0.4, 0.5) is 4.39 Å². The molecule has 2 N–H and O–H groups in total.